The summed E-state index contributed by atoms with van der Waals surface area (Å²) in [6, 6.07) is 8.60. The molecule has 0 unspecified atom stereocenters. The topological polar surface area (TPSA) is 41.9 Å². The zero-order chi connectivity index (χ0) is 16.7. The van der Waals surface area contributed by atoms with E-state index in [1.807, 2.05) is 13.8 Å². The summed E-state index contributed by atoms with van der Waals surface area (Å²) in [7, 11) is 0. The molecule has 0 bridgehead atoms. The number of hydrogen-bond acceptors (Lipinski definition) is 4. The average Bonchev–Trinajstić information content (AvgIpc) is 3.00. The van der Waals surface area contributed by atoms with Gasteiger partial charge in [0, 0.05) is 26.2 Å². The van der Waals surface area contributed by atoms with Gasteiger partial charge in [0.25, 0.3) is 0 Å². The van der Waals surface area contributed by atoms with Crippen molar-refractivity contribution in [3.8, 4) is 0 Å². The fraction of sp³-hybridized carbons (Fsp3) is 0.684. The van der Waals surface area contributed by atoms with Crippen molar-refractivity contribution in [1.29, 1.82) is 0 Å². The van der Waals surface area contributed by atoms with Gasteiger partial charge in [0.2, 0.25) is 0 Å². The van der Waals surface area contributed by atoms with Gasteiger partial charge in [0.15, 0.2) is 0 Å². The van der Waals surface area contributed by atoms with Gasteiger partial charge in [-0.3, -0.25) is 4.90 Å². The van der Waals surface area contributed by atoms with Crippen LogP contribution in [0.3, 0.4) is 0 Å². The third-order valence-corrected chi connectivity index (χ3v) is 4.10. The van der Waals surface area contributed by atoms with Crippen molar-refractivity contribution in [2.45, 2.75) is 58.5 Å². The molecule has 23 heavy (non-hydrogen) atoms. The van der Waals surface area contributed by atoms with Gasteiger partial charge < -0.3 is 14.6 Å². The third kappa shape index (κ3) is 7.00. The van der Waals surface area contributed by atoms with Crippen LogP contribution in [0.4, 0.5) is 0 Å². The fourth-order valence-corrected chi connectivity index (χ4v) is 2.89. The summed E-state index contributed by atoms with van der Waals surface area (Å²) in [6.07, 6.45) is 2.22. The molecule has 0 saturated carbocycles. The molecule has 1 saturated heterocycles. The normalized spacial score (nSPS) is 19.7. The zero-order valence-electron chi connectivity index (χ0n) is 14.7. The van der Waals surface area contributed by atoms with Crippen molar-refractivity contribution in [3.63, 3.8) is 0 Å². The minimum absolute atomic E-state index is 0.147. The minimum atomic E-state index is -0.468. The van der Waals surface area contributed by atoms with E-state index in [-0.39, 0.29) is 6.10 Å². The molecule has 1 aliphatic heterocycles. The van der Waals surface area contributed by atoms with Crippen LogP contribution in [-0.2, 0) is 16.0 Å². The monoisotopic (exact) mass is 321 g/mol. The van der Waals surface area contributed by atoms with E-state index in [2.05, 4.69) is 36.1 Å². The number of aliphatic hydroxyl groups excluding tert-OH is 1. The summed E-state index contributed by atoms with van der Waals surface area (Å²) < 4.78 is 11.3. The van der Waals surface area contributed by atoms with E-state index in [4.69, 9.17) is 9.47 Å². The van der Waals surface area contributed by atoms with Crippen LogP contribution in [-0.4, -0.2) is 54.6 Å². The third-order valence-electron chi connectivity index (χ3n) is 4.10. The maximum atomic E-state index is 10.3. The molecule has 2 atom stereocenters. The molecule has 0 aromatic heterocycles. The first-order valence-electron chi connectivity index (χ1n) is 8.72. The van der Waals surface area contributed by atoms with E-state index in [9.17, 15) is 5.11 Å². The largest absolute Gasteiger partial charge is 0.389 e. The van der Waals surface area contributed by atoms with Crippen LogP contribution in [0.2, 0.25) is 0 Å². The van der Waals surface area contributed by atoms with Crippen LogP contribution in [0.15, 0.2) is 24.3 Å². The molecule has 1 N–H and O–H groups in total. The lowest BCUT2D eigenvalue weighted by atomic mass is 10.1. The van der Waals surface area contributed by atoms with E-state index >= 15 is 0 Å². The molecular formula is C19H31NO3. The second-order valence-corrected chi connectivity index (χ2v) is 6.85. The molecule has 4 heteroatoms. The van der Waals surface area contributed by atoms with E-state index in [0.29, 0.717) is 19.3 Å². The number of nitrogens with zero attached hydrogens (tertiary/aromatic N) is 1. The molecule has 130 valence electrons. The first-order valence-corrected chi connectivity index (χ1v) is 8.72. The Hall–Kier alpha value is -0.940. The molecule has 1 aromatic carbocycles. The number of ether oxygens (including phenoxy) is 2. The fourth-order valence-electron chi connectivity index (χ4n) is 2.89. The second-order valence-electron chi connectivity index (χ2n) is 6.85. The number of aryl methyl sites for hydroxylation is 1. The van der Waals surface area contributed by atoms with Crippen molar-refractivity contribution in [2.24, 2.45) is 0 Å². The van der Waals surface area contributed by atoms with Crippen molar-refractivity contribution in [1.82, 2.24) is 4.90 Å². The highest BCUT2D eigenvalue weighted by Gasteiger charge is 2.21. The van der Waals surface area contributed by atoms with Crippen LogP contribution in [0, 0.1) is 6.92 Å². The molecule has 0 radical (unpaired) electrons. The minimum Gasteiger partial charge on any atom is -0.389 e. The predicted octanol–water partition coefficient (Wildman–Crippen LogP) is 2.76. The predicted molar refractivity (Wildman–Crippen MR) is 92.5 cm³/mol. The van der Waals surface area contributed by atoms with Crippen molar-refractivity contribution < 1.29 is 14.6 Å². The van der Waals surface area contributed by atoms with Gasteiger partial charge in [-0.2, -0.15) is 0 Å². The van der Waals surface area contributed by atoms with Crippen molar-refractivity contribution >= 4 is 0 Å². The summed E-state index contributed by atoms with van der Waals surface area (Å²) in [5, 5.41) is 10.3. The summed E-state index contributed by atoms with van der Waals surface area (Å²) in [6.45, 7) is 9.63. The quantitative estimate of drug-likeness (QED) is 0.759. The van der Waals surface area contributed by atoms with Crippen molar-refractivity contribution in [3.05, 3.63) is 35.4 Å². The van der Waals surface area contributed by atoms with Crippen LogP contribution >= 0.6 is 0 Å². The van der Waals surface area contributed by atoms with Gasteiger partial charge in [-0.05, 0) is 39.2 Å². The molecule has 0 amide bonds. The SMILES string of the molecule is Cc1ccc(CN(C[C@H](O)COC(C)C)C[C@H]2CCCO2)cc1. The van der Waals surface area contributed by atoms with Crippen LogP contribution in [0.5, 0.6) is 0 Å². The average molecular weight is 321 g/mol. The second kappa shape index (κ2) is 9.38. The summed E-state index contributed by atoms with van der Waals surface area (Å²) >= 11 is 0. The van der Waals surface area contributed by atoms with Gasteiger partial charge in [-0.25, -0.2) is 0 Å². The van der Waals surface area contributed by atoms with Gasteiger partial charge in [0.1, 0.15) is 0 Å². The number of aliphatic hydroxyl groups is 1. The Balaban J connectivity index is 1.91. The van der Waals surface area contributed by atoms with Gasteiger partial charge in [0.05, 0.1) is 24.9 Å². The highest BCUT2D eigenvalue weighted by atomic mass is 16.5. The molecule has 0 aliphatic carbocycles. The number of benzene rings is 1. The molecule has 1 heterocycles. The van der Waals surface area contributed by atoms with Gasteiger partial charge >= 0.3 is 0 Å². The van der Waals surface area contributed by atoms with Gasteiger partial charge in [-0.15, -0.1) is 0 Å². The molecule has 1 fully saturated rings. The number of rotatable bonds is 9. The maximum Gasteiger partial charge on any atom is 0.0900 e. The lowest BCUT2D eigenvalue weighted by molar-refractivity contribution is -0.0172. The van der Waals surface area contributed by atoms with E-state index in [1.165, 1.54) is 11.1 Å². The first-order chi connectivity index (χ1) is 11.0. The van der Waals surface area contributed by atoms with Crippen LogP contribution < -0.4 is 0 Å². The Bertz CT molecular complexity index is 440. The Morgan fingerprint density at radius 3 is 2.65 bits per heavy atom. The smallest absolute Gasteiger partial charge is 0.0900 e. The standard InChI is InChI=1S/C19H31NO3/c1-15(2)23-14-18(21)12-20(13-19-5-4-10-22-19)11-17-8-6-16(3)7-9-17/h6-9,15,18-19,21H,4-5,10-14H2,1-3H3/t18-,19+/m0/s1. The summed E-state index contributed by atoms with van der Waals surface area (Å²) in [5.74, 6) is 0. The molecular weight excluding hydrogens is 290 g/mol. The zero-order valence-corrected chi connectivity index (χ0v) is 14.7. The Kier molecular flexibility index (Phi) is 7.50. The Morgan fingerprint density at radius 1 is 1.30 bits per heavy atom. The van der Waals surface area contributed by atoms with Crippen molar-refractivity contribution in [2.75, 3.05) is 26.3 Å². The molecule has 2 rings (SSSR count). The van der Waals surface area contributed by atoms with E-state index < -0.39 is 6.10 Å². The Labute approximate surface area is 140 Å². The van der Waals surface area contributed by atoms with E-state index in [1.54, 1.807) is 0 Å². The van der Waals surface area contributed by atoms with Crippen LogP contribution in [0.25, 0.3) is 0 Å². The lowest BCUT2D eigenvalue weighted by Crippen LogP contribution is -2.39. The van der Waals surface area contributed by atoms with Gasteiger partial charge in [-0.1, -0.05) is 29.8 Å². The maximum absolute atomic E-state index is 10.3. The molecule has 1 aromatic rings. The number of hydrogen-bond donors (Lipinski definition) is 1. The molecule has 0 spiro atoms. The van der Waals surface area contributed by atoms with E-state index in [0.717, 1.165) is 32.5 Å². The molecule has 4 nitrogen and oxygen atoms in total. The first kappa shape index (κ1) is 18.4. The highest BCUT2D eigenvalue weighted by Crippen LogP contribution is 2.16. The lowest BCUT2D eigenvalue weighted by Gasteiger charge is -2.27. The molecule has 1 aliphatic rings. The summed E-state index contributed by atoms with van der Waals surface area (Å²) in [4.78, 5) is 2.29. The summed E-state index contributed by atoms with van der Waals surface area (Å²) in [5.41, 5.74) is 2.54. The Morgan fingerprint density at radius 2 is 2.04 bits per heavy atom. The van der Waals surface area contributed by atoms with Crippen LogP contribution in [0.1, 0.15) is 37.8 Å². The highest BCUT2D eigenvalue weighted by molar-refractivity contribution is 5.21.